The third-order valence-corrected chi connectivity index (χ3v) is 3.30. The molecular formula is C15H16O3. The highest BCUT2D eigenvalue weighted by atomic mass is 16.5. The van der Waals surface area contributed by atoms with E-state index < -0.39 is 0 Å². The van der Waals surface area contributed by atoms with Crippen LogP contribution in [-0.2, 0) is 14.9 Å². The molecule has 0 radical (unpaired) electrons. The van der Waals surface area contributed by atoms with Crippen LogP contribution < -0.4 is 4.74 Å². The summed E-state index contributed by atoms with van der Waals surface area (Å²) in [4.78, 5) is 11.0. The second-order valence-electron chi connectivity index (χ2n) is 4.79. The Kier molecular flexibility index (Phi) is 3.29. The monoisotopic (exact) mass is 244 g/mol. The van der Waals surface area contributed by atoms with Gasteiger partial charge in [0.15, 0.2) is 0 Å². The van der Waals surface area contributed by atoms with Gasteiger partial charge in [-0.05, 0) is 24.6 Å². The zero-order valence-corrected chi connectivity index (χ0v) is 10.7. The van der Waals surface area contributed by atoms with Crippen LogP contribution in [0, 0.1) is 12.3 Å². The molecule has 1 aromatic rings. The molecule has 1 aliphatic rings. The van der Waals surface area contributed by atoms with Crippen LogP contribution in [0.15, 0.2) is 18.2 Å². The van der Waals surface area contributed by atoms with Crippen LogP contribution in [0.1, 0.15) is 31.4 Å². The van der Waals surface area contributed by atoms with Crippen molar-refractivity contribution in [1.82, 2.24) is 0 Å². The molecule has 94 valence electrons. The minimum absolute atomic E-state index is 0.230. The van der Waals surface area contributed by atoms with Gasteiger partial charge in [0, 0.05) is 23.5 Å². The van der Waals surface area contributed by atoms with Crippen LogP contribution in [0.3, 0.4) is 0 Å². The molecule has 0 amide bonds. The van der Waals surface area contributed by atoms with E-state index in [9.17, 15) is 4.79 Å². The fraction of sp³-hybridized carbons (Fsp3) is 0.400. The van der Waals surface area contributed by atoms with Gasteiger partial charge in [-0.15, -0.1) is 6.42 Å². The standard InChI is InChI=1S/C15H16O3/c1-4-12-5-6-14-13(9-12)15(3,7-8-17-14)10-18-11(2)16/h1,5-6,9H,7-8,10H2,2-3H3. The quantitative estimate of drug-likeness (QED) is 0.591. The number of esters is 1. The first-order valence-corrected chi connectivity index (χ1v) is 5.92. The molecule has 1 unspecified atom stereocenters. The Labute approximate surface area is 107 Å². The zero-order valence-electron chi connectivity index (χ0n) is 10.7. The van der Waals surface area contributed by atoms with Gasteiger partial charge in [-0.25, -0.2) is 0 Å². The van der Waals surface area contributed by atoms with E-state index >= 15 is 0 Å². The highest BCUT2D eigenvalue weighted by Crippen LogP contribution is 2.39. The van der Waals surface area contributed by atoms with Crippen molar-refractivity contribution in [3.63, 3.8) is 0 Å². The maximum atomic E-state index is 11.0. The second-order valence-corrected chi connectivity index (χ2v) is 4.79. The summed E-state index contributed by atoms with van der Waals surface area (Å²) in [6, 6.07) is 5.68. The van der Waals surface area contributed by atoms with E-state index in [4.69, 9.17) is 15.9 Å². The van der Waals surface area contributed by atoms with Gasteiger partial charge >= 0.3 is 5.97 Å². The van der Waals surface area contributed by atoms with E-state index in [1.54, 1.807) is 0 Å². The van der Waals surface area contributed by atoms with Gasteiger partial charge in [0.25, 0.3) is 0 Å². The average molecular weight is 244 g/mol. The summed E-state index contributed by atoms with van der Waals surface area (Å²) in [6.45, 7) is 4.46. The number of benzene rings is 1. The molecular weight excluding hydrogens is 228 g/mol. The minimum atomic E-state index is -0.266. The molecule has 0 saturated heterocycles. The molecule has 0 fully saturated rings. The number of fused-ring (bicyclic) bond motifs is 1. The molecule has 0 aromatic heterocycles. The summed E-state index contributed by atoms with van der Waals surface area (Å²) in [5.74, 6) is 3.18. The first-order chi connectivity index (χ1) is 8.55. The van der Waals surface area contributed by atoms with Gasteiger partial charge in [-0.3, -0.25) is 4.79 Å². The van der Waals surface area contributed by atoms with Crippen molar-refractivity contribution in [2.45, 2.75) is 25.7 Å². The number of hydrogen-bond donors (Lipinski definition) is 0. The van der Waals surface area contributed by atoms with Crippen LogP contribution in [0.5, 0.6) is 5.75 Å². The minimum Gasteiger partial charge on any atom is -0.493 e. The van der Waals surface area contributed by atoms with Crippen molar-refractivity contribution < 1.29 is 14.3 Å². The van der Waals surface area contributed by atoms with Crippen molar-refractivity contribution in [2.24, 2.45) is 0 Å². The first-order valence-electron chi connectivity index (χ1n) is 5.92. The highest BCUT2D eigenvalue weighted by Gasteiger charge is 2.34. The van der Waals surface area contributed by atoms with E-state index in [0.717, 1.165) is 23.3 Å². The normalized spacial score (nSPS) is 21.4. The Hall–Kier alpha value is -1.95. The molecule has 0 spiro atoms. The number of carbonyl (C=O) groups excluding carboxylic acids is 1. The fourth-order valence-electron chi connectivity index (χ4n) is 2.15. The molecule has 2 rings (SSSR count). The Morgan fingerprint density at radius 3 is 3.06 bits per heavy atom. The van der Waals surface area contributed by atoms with E-state index in [1.807, 2.05) is 18.2 Å². The SMILES string of the molecule is C#Cc1ccc2c(c1)C(C)(COC(C)=O)CCO2. The van der Waals surface area contributed by atoms with Gasteiger partial charge in [-0.2, -0.15) is 0 Å². The molecule has 3 nitrogen and oxygen atoms in total. The highest BCUT2D eigenvalue weighted by molar-refractivity contribution is 5.66. The second kappa shape index (κ2) is 4.73. The van der Waals surface area contributed by atoms with Crippen molar-refractivity contribution in [3.8, 4) is 18.1 Å². The lowest BCUT2D eigenvalue weighted by Gasteiger charge is -2.35. The summed E-state index contributed by atoms with van der Waals surface area (Å²) in [7, 11) is 0. The third kappa shape index (κ3) is 2.33. The maximum Gasteiger partial charge on any atom is 0.302 e. The molecule has 1 atom stereocenters. The van der Waals surface area contributed by atoms with Gasteiger partial charge in [-0.1, -0.05) is 12.8 Å². The van der Waals surface area contributed by atoms with Crippen molar-refractivity contribution in [1.29, 1.82) is 0 Å². The molecule has 0 aliphatic carbocycles. The van der Waals surface area contributed by atoms with Gasteiger partial charge in [0.05, 0.1) is 6.61 Å². The average Bonchev–Trinajstić information content (AvgIpc) is 2.37. The van der Waals surface area contributed by atoms with Crippen LogP contribution in [0.4, 0.5) is 0 Å². The van der Waals surface area contributed by atoms with Crippen LogP contribution in [0.25, 0.3) is 0 Å². The topological polar surface area (TPSA) is 35.5 Å². The number of rotatable bonds is 2. The number of ether oxygens (including phenoxy) is 2. The van der Waals surface area contributed by atoms with Crippen LogP contribution in [0.2, 0.25) is 0 Å². The molecule has 1 aliphatic heterocycles. The molecule has 0 N–H and O–H groups in total. The number of carbonyl (C=O) groups is 1. The lowest BCUT2D eigenvalue weighted by Crippen LogP contribution is -2.35. The van der Waals surface area contributed by atoms with Gasteiger partial charge in [0.1, 0.15) is 12.4 Å². The maximum absolute atomic E-state index is 11.0. The third-order valence-electron chi connectivity index (χ3n) is 3.30. The van der Waals surface area contributed by atoms with Gasteiger partial charge in [0.2, 0.25) is 0 Å². The fourth-order valence-corrected chi connectivity index (χ4v) is 2.15. The molecule has 0 bridgehead atoms. The summed E-state index contributed by atoms with van der Waals surface area (Å²) in [5.41, 5.74) is 1.60. The lowest BCUT2D eigenvalue weighted by molar-refractivity contribution is -0.143. The van der Waals surface area contributed by atoms with Crippen molar-refractivity contribution in [2.75, 3.05) is 13.2 Å². The summed E-state index contributed by atoms with van der Waals surface area (Å²) < 4.78 is 10.8. The van der Waals surface area contributed by atoms with E-state index in [1.165, 1.54) is 6.92 Å². The molecule has 1 heterocycles. The first kappa shape index (κ1) is 12.5. The molecule has 0 saturated carbocycles. The predicted molar refractivity (Wildman–Crippen MR) is 68.5 cm³/mol. The largest absolute Gasteiger partial charge is 0.493 e. The van der Waals surface area contributed by atoms with E-state index in [-0.39, 0.29) is 11.4 Å². The Balaban J connectivity index is 2.36. The summed E-state index contributed by atoms with van der Waals surface area (Å²) >= 11 is 0. The van der Waals surface area contributed by atoms with Crippen LogP contribution >= 0.6 is 0 Å². The Morgan fingerprint density at radius 2 is 2.39 bits per heavy atom. The van der Waals surface area contributed by atoms with Crippen molar-refractivity contribution in [3.05, 3.63) is 29.3 Å². The number of terminal acetylenes is 1. The Bertz CT molecular complexity index is 513. The summed E-state index contributed by atoms with van der Waals surface area (Å²) in [6.07, 6.45) is 6.22. The van der Waals surface area contributed by atoms with Crippen molar-refractivity contribution >= 4 is 5.97 Å². The van der Waals surface area contributed by atoms with Gasteiger partial charge < -0.3 is 9.47 Å². The molecule has 1 aromatic carbocycles. The molecule has 3 heteroatoms. The lowest BCUT2D eigenvalue weighted by atomic mass is 9.78. The van der Waals surface area contributed by atoms with E-state index in [0.29, 0.717) is 13.2 Å². The molecule has 18 heavy (non-hydrogen) atoms. The number of hydrogen-bond acceptors (Lipinski definition) is 3. The zero-order chi connectivity index (χ0) is 13.2. The van der Waals surface area contributed by atoms with E-state index in [2.05, 4.69) is 12.8 Å². The Morgan fingerprint density at radius 1 is 1.61 bits per heavy atom. The predicted octanol–water partition coefficient (Wildman–Crippen LogP) is 2.27. The summed E-state index contributed by atoms with van der Waals surface area (Å²) in [5, 5.41) is 0. The van der Waals surface area contributed by atoms with Crippen LogP contribution in [-0.4, -0.2) is 19.2 Å². The smallest absolute Gasteiger partial charge is 0.302 e.